The predicted octanol–water partition coefficient (Wildman–Crippen LogP) is 1.59. The van der Waals surface area contributed by atoms with Gasteiger partial charge in [-0.2, -0.15) is 0 Å². The highest BCUT2D eigenvalue weighted by Gasteiger charge is 2.27. The first-order valence-corrected chi connectivity index (χ1v) is 10.9. The third-order valence-electron chi connectivity index (χ3n) is 4.65. The Morgan fingerprint density at radius 1 is 1.39 bits per heavy atom. The molecule has 1 aromatic carbocycles. The van der Waals surface area contributed by atoms with E-state index in [2.05, 4.69) is 14.3 Å². The second-order valence-electron chi connectivity index (χ2n) is 6.53. The molecule has 3 rings (SSSR count). The van der Waals surface area contributed by atoms with Crippen molar-refractivity contribution in [2.24, 2.45) is 5.92 Å². The van der Waals surface area contributed by atoms with Crippen LogP contribution in [-0.2, 0) is 10.0 Å². The molecule has 1 aromatic heterocycles. The minimum Gasteiger partial charge on any atom is -0.338 e. The number of nitro groups is 1. The number of non-ortho nitro benzene ring substituents is 1. The van der Waals surface area contributed by atoms with Gasteiger partial charge in [-0.25, -0.2) is 13.1 Å². The van der Waals surface area contributed by atoms with E-state index in [1.54, 1.807) is 11.8 Å². The average molecular weight is 425 g/mol. The fraction of sp³-hybridized carbons (Fsp3) is 0.438. The molecule has 0 unspecified atom stereocenters. The summed E-state index contributed by atoms with van der Waals surface area (Å²) in [5.74, 6) is -0.0127. The Kier molecular flexibility index (Phi) is 6.01. The van der Waals surface area contributed by atoms with Gasteiger partial charge in [-0.15, -0.1) is 5.10 Å². The maximum Gasteiger partial charge on any atom is 0.270 e. The van der Waals surface area contributed by atoms with Crippen LogP contribution in [-0.4, -0.2) is 53.4 Å². The summed E-state index contributed by atoms with van der Waals surface area (Å²) in [4.78, 5) is 24.8. The first-order chi connectivity index (χ1) is 13.3. The fourth-order valence-corrected chi connectivity index (χ4v) is 4.77. The molecule has 0 atom stereocenters. The summed E-state index contributed by atoms with van der Waals surface area (Å²) in [6, 6.07) is 4.94. The number of rotatable bonds is 6. The van der Waals surface area contributed by atoms with E-state index in [1.165, 1.54) is 18.2 Å². The summed E-state index contributed by atoms with van der Waals surface area (Å²) in [5, 5.41) is 14.7. The highest BCUT2D eigenvalue weighted by Crippen LogP contribution is 2.22. The Bertz CT molecular complexity index is 983. The lowest BCUT2D eigenvalue weighted by Gasteiger charge is -2.31. The second-order valence-corrected chi connectivity index (χ2v) is 9.05. The summed E-state index contributed by atoms with van der Waals surface area (Å²) in [6.45, 7) is 3.01. The number of carbonyl (C=O) groups excluding carboxylic acids is 1. The lowest BCUT2D eigenvalue weighted by atomic mass is 9.97. The standard InChI is InChI=1S/C16H19N5O5S2/c1-11-15(27-19-18-11)16(22)20-7-5-12(6-8-20)10-17-28(25,26)14-4-2-3-13(9-14)21(23)24/h2-4,9,12,17H,5-8,10H2,1H3. The Hall–Kier alpha value is -2.44. The highest BCUT2D eigenvalue weighted by atomic mass is 32.2. The van der Waals surface area contributed by atoms with Crippen molar-refractivity contribution in [3.8, 4) is 0 Å². The molecule has 1 saturated heterocycles. The van der Waals surface area contributed by atoms with Crippen LogP contribution in [0.5, 0.6) is 0 Å². The average Bonchev–Trinajstić information content (AvgIpc) is 3.12. The van der Waals surface area contributed by atoms with Gasteiger partial charge in [0.15, 0.2) is 0 Å². The lowest BCUT2D eigenvalue weighted by molar-refractivity contribution is -0.385. The Labute approximate surface area is 165 Å². The van der Waals surface area contributed by atoms with Gasteiger partial charge < -0.3 is 4.90 Å². The molecular formula is C16H19N5O5S2. The molecule has 2 heterocycles. The number of piperidine rings is 1. The predicted molar refractivity (Wildman–Crippen MR) is 102 cm³/mol. The van der Waals surface area contributed by atoms with Crippen LogP contribution in [0.1, 0.15) is 28.2 Å². The molecule has 12 heteroatoms. The van der Waals surface area contributed by atoms with Gasteiger partial charge in [0.05, 0.1) is 15.5 Å². The van der Waals surface area contributed by atoms with Gasteiger partial charge in [0.25, 0.3) is 11.6 Å². The molecule has 1 aliphatic heterocycles. The van der Waals surface area contributed by atoms with Crippen molar-refractivity contribution in [3.05, 3.63) is 45.0 Å². The van der Waals surface area contributed by atoms with Gasteiger partial charge in [0.1, 0.15) is 4.88 Å². The summed E-state index contributed by atoms with van der Waals surface area (Å²) < 4.78 is 31.1. The number of sulfonamides is 1. The molecule has 1 fully saturated rings. The second kappa shape index (κ2) is 8.29. The van der Waals surface area contributed by atoms with Crippen molar-refractivity contribution >= 4 is 33.2 Å². The van der Waals surface area contributed by atoms with Crippen LogP contribution in [0.15, 0.2) is 29.2 Å². The molecule has 0 radical (unpaired) electrons. The zero-order chi connectivity index (χ0) is 20.3. The van der Waals surface area contributed by atoms with E-state index < -0.39 is 14.9 Å². The number of benzene rings is 1. The monoisotopic (exact) mass is 425 g/mol. The SMILES string of the molecule is Cc1nnsc1C(=O)N1CCC(CNS(=O)(=O)c2cccc([N+](=O)[O-])c2)CC1. The van der Waals surface area contributed by atoms with Gasteiger partial charge in [0.2, 0.25) is 10.0 Å². The maximum absolute atomic E-state index is 12.5. The van der Waals surface area contributed by atoms with E-state index in [0.717, 1.165) is 17.6 Å². The largest absolute Gasteiger partial charge is 0.338 e. The number of amides is 1. The van der Waals surface area contributed by atoms with Gasteiger partial charge in [-0.3, -0.25) is 14.9 Å². The van der Waals surface area contributed by atoms with Crippen molar-refractivity contribution in [2.75, 3.05) is 19.6 Å². The normalized spacial score (nSPS) is 15.5. The van der Waals surface area contributed by atoms with Gasteiger partial charge in [-0.05, 0) is 43.3 Å². The Morgan fingerprint density at radius 3 is 2.71 bits per heavy atom. The Morgan fingerprint density at radius 2 is 2.11 bits per heavy atom. The van der Waals surface area contributed by atoms with E-state index in [-0.39, 0.29) is 29.0 Å². The van der Waals surface area contributed by atoms with Crippen molar-refractivity contribution in [1.29, 1.82) is 0 Å². The third kappa shape index (κ3) is 4.51. The topological polar surface area (TPSA) is 135 Å². The summed E-state index contributed by atoms with van der Waals surface area (Å²) in [7, 11) is -3.84. The molecule has 0 bridgehead atoms. The third-order valence-corrected chi connectivity index (χ3v) is 6.89. The van der Waals surface area contributed by atoms with Crippen molar-refractivity contribution in [2.45, 2.75) is 24.7 Å². The molecular weight excluding hydrogens is 406 g/mol. The Balaban J connectivity index is 1.55. The van der Waals surface area contributed by atoms with Crippen LogP contribution < -0.4 is 4.72 Å². The van der Waals surface area contributed by atoms with Crippen LogP contribution >= 0.6 is 11.5 Å². The highest BCUT2D eigenvalue weighted by molar-refractivity contribution is 7.89. The van der Waals surface area contributed by atoms with Gasteiger partial charge in [-0.1, -0.05) is 10.6 Å². The molecule has 28 heavy (non-hydrogen) atoms. The number of aryl methyl sites for hydroxylation is 1. The molecule has 0 spiro atoms. The van der Waals surface area contributed by atoms with Crippen molar-refractivity contribution in [3.63, 3.8) is 0 Å². The number of nitro benzene ring substituents is 1. The molecule has 1 aliphatic rings. The van der Waals surface area contributed by atoms with Gasteiger partial charge >= 0.3 is 0 Å². The smallest absolute Gasteiger partial charge is 0.270 e. The van der Waals surface area contributed by atoms with Crippen molar-refractivity contribution in [1.82, 2.24) is 19.2 Å². The summed E-state index contributed by atoms with van der Waals surface area (Å²) >= 11 is 1.07. The number of hydrogen-bond donors (Lipinski definition) is 1. The quantitative estimate of drug-likeness (QED) is 0.548. The zero-order valence-electron chi connectivity index (χ0n) is 15.1. The fourth-order valence-electron chi connectivity index (χ4n) is 2.99. The number of hydrogen-bond acceptors (Lipinski definition) is 8. The number of carbonyl (C=O) groups is 1. The van der Waals surface area contributed by atoms with E-state index >= 15 is 0 Å². The lowest BCUT2D eigenvalue weighted by Crippen LogP contribution is -2.41. The molecule has 1 N–H and O–H groups in total. The molecule has 150 valence electrons. The van der Waals surface area contributed by atoms with Crippen LogP contribution in [0.25, 0.3) is 0 Å². The molecule has 1 amide bonds. The minimum atomic E-state index is -3.84. The number of aromatic nitrogens is 2. The maximum atomic E-state index is 12.5. The van der Waals surface area contributed by atoms with Crippen molar-refractivity contribution < 1.29 is 18.1 Å². The van der Waals surface area contributed by atoms with E-state index in [1.807, 2.05) is 0 Å². The van der Waals surface area contributed by atoms with E-state index in [0.29, 0.717) is 36.5 Å². The van der Waals surface area contributed by atoms with Crippen LogP contribution in [0.2, 0.25) is 0 Å². The number of nitrogens with zero attached hydrogens (tertiary/aromatic N) is 4. The molecule has 2 aromatic rings. The number of nitrogens with one attached hydrogen (secondary N) is 1. The number of likely N-dealkylation sites (tertiary alicyclic amines) is 1. The van der Waals surface area contributed by atoms with E-state index in [9.17, 15) is 23.3 Å². The molecule has 10 nitrogen and oxygen atoms in total. The molecule has 0 aliphatic carbocycles. The minimum absolute atomic E-state index is 0.0817. The van der Waals surface area contributed by atoms with Crippen LogP contribution in [0.3, 0.4) is 0 Å². The first-order valence-electron chi connectivity index (χ1n) is 8.60. The van der Waals surface area contributed by atoms with Gasteiger partial charge in [0, 0.05) is 31.8 Å². The summed E-state index contributed by atoms with van der Waals surface area (Å²) in [6.07, 6.45) is 1.32. The zero-order valence-corrected chi connectivity index (χ0v) is 16.7. The summed E-state index contributed by atoms with van der Waals surface area (Å²) in [5.41, 5.74) is 0.337. The first kappa shape index (κ1) is 20.3. The molecule has 0 saturated carbocycles. The van der Waals surface area contributed by atoms with Crippen LogP contribution in [0.4, 0.5) is 5.69 Å². The van der Waals surface area contributed by atoms with Crippen LogP contribution in [0, 0.1) is 23.0 Å². The van der Waals surface area contributed by atoms with E-state index in [4.69, 9.17) is 0 Å².